The van der Waals surface area contributed by atoms with Crippen molar-refractivity contribution in [1.82, 2.24) is 10.3 Å². The molecular formula is C13H15FN2. The van der Waals surface area contributed by atoms with Gasteiger partial charge >= 0.3 is 0 Å². The van der Waals surface area contributed by atoms with Crippen LogP contribution in [-0.2, 0) is 12.0 Å². The van der Waals surface area contributed by atoms with Gasteiger partial charge in [0, 0.05) is 35.1 Å². The van der Waals surface area contributed by atoms with Crippen LogP contribution in [0.25, 0.3) is 10.9 Å². The van der Waals surface area contributed by atoms with Gasteiger partial charge in [-0.25, -0.2) is 4.39 Å². The van der Waals surface area contributed by atoms with E-state index in [1.54, 1.807) is 6.07 Å². The zero-order chi connectivity index (χ0) is 11.3. The molecule has 1 aromatic carbocycles. The van der Waals surface area contributed by atoms with Crippen molar-refractivity contribution >= 4 is 10.9 Å². The minimum Gasteiger partial charge on any atom is -0.357 e. The lowest BCUT2D eigenvalue weighted by Gasteiger charge is -2.31. The fourth-order valence-electron chi connectivity index (χ4n) is 2.71. The molecule has 0 saturated carbocycles. The first-order valence-electron chi connectivity index (χ1n) is 5.59. The topological polar surface area (TPSA) is 27.8 Å². The van der Waals surface area contributed by atoms with Gasteiger partial charge in [0.2, 0.25) is 0 Å². The Morgan fingerprint density at radius 3 is 2.94 bits per heavy atom. The third-order valence-electron chi connectivity index (χ3n) is 3.38. The lowest BCUT2D eigenvalue weighted by atomic mass is 9.80. The zero-order valence-electron chi connectivity index (χ0n) is 9.52. The first-order valence-corrected chi connectivity index (χ1v) is 5.59. The Labute approximate surface area is 93.9 Å². The zero-order valence-corrected chi connectivity index (χ0v) is 9.52. The van der Waals surface area contributed by atoms with Gasteiger partial charge in [0.25, 0.3) is 0 Å². The lowest BCUT2D eigenvalue weighted by molar-refractivity contribution is 0.435. The van der Waals surface area contributed by atoms with Crippen LogP contribution in [0.4, 0.5) is 4.39 Å². The summed E-state index contributed by atoms with van der Waals surface area (Å²) >= 11 is 0. The molecule has 3 heteroatoms. The Bertz CT molecular complexity index is 554. The number of fused-ring (bicyclic) bond motifs is 3. The van der Waals surface area contributed by atoms with E-state index >= 15 is 0 Å². The summed E-state index contributed by atoms with van der Waals surface area (Å²) in [6, 6.07) is 4.96. The normalized spacial score (nSPS) is 18.7. The summed E-state index contributed by atoms with van der Waals surface area (Å²) in [5.74, 6) is -0.163. The Morgan fingerprint density at radius 1 is 1.31 bits per heavy atom. The van der Waals surface area contributed by atoms with Crippen molar-refractivity contribution in [2.45, 2.75) is 25.8 Å². The lowest BCUT2D eigenvalue weighted by Crippen LogP contribution is -2.38. The summed E-state index contributed by atoms with van der Waals surface area (Å²) in [6.45, 7) is 6.16. The number of nitrogens with one attached hydrogen (secondary N) is 2. The van der Waals surface area contributed by atoms with Crippen molar-refractivity contribution in [3.05, 3.63) is 35.3 Å². The maximum absolute atomic E-state index is 13.3. The van der Waals surface area contributed by atoms with E-state index in [1.807, 2.05) is 6.07 Å². The minimum atomic E-state index is -0.163. The third-order valence-corrected chi connectivity index (χ3v) is 3.38. The molecule has 0 fully saturated rings. The molecule has 0 saturated heterocycles. The number of H-pyrrole nitrogens is 1. The van der Waals surface area contributed by atoms with Crippen LogP contribution < -0.4 is 5.32 Å². The average molecular weight is 218 g/mol. The van der Waals surface area contributed by atoms with Crippen LogP contribution in [0.2, 0.25) is 0 Å². The van der Waals surface area contributed by atoms with Crippen LogP contribution >= 0.6 is 0 Å². The predicted molar refractivity (Wildman–Crippen MR) is 63.0 cm³/mol. The number of hydrogen-bond donors (Lipinski definition) is 2. The van der Waals surface area contributed by atoms with Gasteiger partial charge in [-0.05, 0) is 23.8 Å². The van der Waals surface area contributed by atoms with E-state index in [4.69, 9.17) is 0 Å². The second kappa shape index (κ2) is 3.08. The quantitative estimate of drug-likeness (QED) is 0.699. The first-order chi connectivity index (χ1) is 7.58. The molecule has 2 heterocycles. The van der Waals surface area contributed by atoms with Crippen molar-refractivity contribution in [2.75, 3.05) is 6.54 Å². The van der Waals surface area contributed by atoms with Crippen molar-refractivity contribution in [3.8, 4) is 0 Å². The highest BCUT2D eigenvalue weighted by Gasteiger charge is 2.30. The molecule has 1 aromatic heterocycles. The number of aromatic nitrogens is 1. The molecule has 0 atom stereocenters. The summed E-state index contributed by atoms with van der Waals surface area (Å²) < 4.78 is 13.3. The second-order valence-electron chi connectivity index (χ2n) is 5.16. The summed E-state index contributed by atoms with van der Waals surface area (Å²) in [6.07, 6.45) is 0. The highest BCUT2D eigenvalue weighted by Crippen LogP contribution is 2.35. The molecule has 0 unspecified atom stereocenters. The highest BCUT2D eigenvalue weighted by atomic mass is 19.1. The summed E-state index contributed by atoms with van der Waals surface area (Å²) in [5, 5.41) is 4.41. The Balaban J connectivity index is 2.37. The van der Waals surface area contributed by atoms with Crippen LogP contribution in [0.1, 0.15) is 25.1 Å². The van der Waals surface area contributed by atoms with E-state index in [0.29, 0.717) is 0 Å². The molecular weight excluding hydrogens is 203 g/mol. The maximum Gasteiger partial charge on any atom is 0.123 e. The summed E-state index contributed by atoms with van der Waals surface area (Å²) in [7, 11) is 0. The smallest absolute Gasteiger partial charge is 0.123 e. The molecule has 2 nitrogen and oxygen atoms in total. The van der Waals surface area contributed by atoms with Crippen LogP contribution in [0.5, 0.6) is 0 Å². The van der Waals surface area contributed by atoms with Gasteiger partial charge in [0.15, 0.2) is 0 Å². The second-order valence-corrected chi connectivity index (χ2v) is 5.16. The Hall–Kier alpha value is -1.35. The van der Waals surface area contributed by atoms with Crippen molar-refractivity contribution < 1.29 is 4.39 Å². The van der Waals surface area contributed by atoms with Gasteiger partial charge < -0.3 is 10.3 Å². The molecule has 0 amide bonds. The van der Waals surface area contributed by atoms with Gasteiger partial charge in [-0.3, -0.25) is 0 Å². The molecule has 84 valence electrons. The third kappa shape index (κ3) is 1.28. The van der Waals surface area contributed by atoms with Crippen molar-refractivity contribution in [2.24, 2.45) is 0 Å². The van der Waals surface area contributed by atoms with E-state index in [1.165, 1.54) is 17.3 Å². The number of hydrogen-bond acceptors (Lipinski definition) is 1. The van der Waals surface area contributed by atoms with E-state index < -0.39 is 0 Å². The monoisotopic (exact) mass is 218 g/mol. The fraction of sp³-hybridized carbons (Fsp3) is 0.385. The molecule has 3 rings (SSSR count). The van der Waals surface area contributed by atoms with E-state index in [-0.39, 0.29) is 11.2 Å². The molecule has 2 aromatic rings. The maximum atomic E-state index is 13.3. The van der Waals surface area contributed by atoms with Gasteiger partial charge in [-0.15, -0.1) is 0 Å². The predicted octanol–water partition coefficient (Wildman–Crippen LogP) is 2.69. The van der Waals surface area contributed by atoms with Crippen molar-refractivity contribution in [3.63, 3.8) is 0 Å². The molecule has 0 bridgehead atoms. The standard InChI is InChI=1S/C13H15FN2/c1-13(2)7-15-6-11-12(13)9-5-8(14)3-4-10(9)16-11/h3-5,15-16H,6-7H2,1-2H3. The molecule has 0 aliphatic carbocycles. The molecule has 2 N–H and O–H groups in total. The molecule has 0 spiro atoms. The first kappa shape index (κ1) is 9.85. The Kier molecular flexibility index (Phi) is 1.89. The number of aromatic amines is 1. The van der Waals surface area contributed by atoms with Crippen LogP contribution in [0, 0.1) is 5.82 Å². The molecule has 1 aliphatic heterocycles. The van der Waals surface area contributed by atoms with E-state index in [0.717, 1.165) is 24.0 Å². The molecule has 0 radical (unpaired) electrons. The fourth-order valence-corrected chi connectivity index (χ4v) is 2.71. The largest absolute Gasteiger partial charge is 0.357 e. The van der Waals surface area contributed by atoms with E-state index in [9.17, 15) is 4.39 Å². The van der Waals surface area contributed by atoms with Crippen LogP contribution in [0.3, 0.4) is 0 Å². The van der Waals surface area contributed by atoms with Crippen molar-refractivity contribution in [1.29, 1.82) is 0 Å². The highest BCUT2D eigenvalue weighted by molar-refractivity contribution is 5.86. The number of benzene rings is 1. The van der Waals surface area contributed by atoms with Gasteiger partial charge in [0.05, 0.1) is 0 Å². The molecule has 1 aliphatic rings. The van der Waals surface area contributed by atoms with Gasteiger partial charge in [-0.1, -0.05) is 13.8 Å². The minimum absolute atomic E-state index is 0.0552. The summed E-state index contributed by atoms with van der Waals surface area (Å²) in [5.41, 5.74) is 3.54. The molecule has 16 heavy (non-hydrogen) atoms. The average Bonchev–Trinajstić information content (AvgIpc) is 2.56. The van der Waals surface area contributed by atoms with E-state index in [2.05, 4.69) is 24.1 Å². The van der Waals surface area contributed by atoms with Crippen LogP contribution in [0.15, 0.2) is 18.2 Å². The Morgan fingerprint density at radius 2 is 2.12 bits per heavy atom. The number of halogens is 1. The SMILES string of the molecule is CC1(C)CNCc2[nH]c3ccc(F)cc3c21. The summed E-state index contributed by atoms with van der Waals surface area (Å²) in [4.78, 5) is 3.37. The number of rotatable bonds is 0. The van der Waals surface area contributed by atoms with Gasteiger partial charge in [0.1, 0.15) is 5.82 Å². The van der Waals surface area contributed by atoms with Crippen LogP contribution in [-0.4, -0.2) is 11.5 Å². The van der Waals surface area contributed by atoms with Gasteiger partial charge in [-0.2, -0.15) is 0 Å².